The van der Waals surface area contributed by atoms with Gasteiger partial charge in [-0.3, -0.25) is 0 Å². The van der Waals surface area contributed by atoms with Crippen LogP contribution < -0.4 is 15.9 Å². The lowest BCUT2D eigenvalue weighted by atomic mass is 9.77. The molecule has 0 unspecified atom stereocenters. The minimum atomic E-state index is -4.47. The summed E-state index contributed by atoms with van der Waals surface area (Å²) in [7, 11) is 0.378. The Kier molecular flexibility index (Phi) is 26.4. The summed E-state index contributed by atoms with van der Waals surface area (Å²) >= 11 is 15.9. The SMILES string of the molecule is CC1(C)OB(c2ccc3c4ccccc4c4ccccc4c3c2)OC1(C)C.FC(F)(F)c1cc(-c2ccc3c4ccccc4c4ccccc4c3c2)cc(-c2cccc3c2sc2ccccc23)c1.FC(F)(F)c1cc(Br)cc(-c2cccc3c2sc2ccccc23)c1.FC(F)(F)c1cc(Br)cc(I)c1.Nc1cc(Br)cc(C(F)(F)F)c1.O[B]Oc1cccc2c1sc1ccccc12. The number of rotatable bonds is 6. The Bertz CT molecular complexity index is 7830. The monoisotopic (exact) mass is 2130 g/mol. The largest absolute Gasteiger partial charge is 0.569 e. The van der Waals surface area contributed by atoms with Gasteiger partial charge in [0, 0.05) is 78.5 Å². The number of hydrogen-bond acceptors (Lipinski definition) is 8. The van der Waals surface area contributed by atoms with Crippen LogP contribution >= 0.6 is 104 Å². The molecule has 1 fully saturated rings. The Balaban J connectivity index is 0.000000117. The molecule has 132 heavy (non-hydrogen) atoms. The molecule has 1 radical (unpaired) electrons. The maximum Gasteiger partial charge on any atom is 0.569 e. The molecule has 0 aliphatic carbocycles. The molecule has 21 aromatic rings. The highest BCUT2D eigenvalue weighted by molar-refractivity contribution is 14.1. The molecule has 0 bridgehead atoms. The first-order chi connectivity index (χ1) is 62.9. The molecule has 26 heteroatoms. The summed E-state index contributed by atoms with van der Waals surface area (Å²) in [6, 6.07) is 104. The van der Waals surface area contributed by atoms with Gasteiger partial charge in [-0.15, -0.1) is 34.0 Å². The van der Waals surface area contributed by atoms with Crippen LogP contribution in [0.1, 0.15) is 49.9 Å². The average Bonchev–Trinajstić information content (AvgIpc) is 1.67. The van der Waals surface area contributed by atoms with Gasteiger partial charge >= 0.3 is 39.5 Å². The predicted molar refractivity (Wildman–Crippen MR) is 543 cm³/mol. The molecule has 3 N–H and O–H groups in total. The van der Waals surface area contributed by atoms with E-state index in [4.69, 9.17) is 24.7 Å². The van der Waals surface area contributed by atoms with Crippen LogP contribution in [0.2, 0.25) is 0 Å². The summed E-state index contributed by atoms with van der Waals surface area (Å²) in [5.41, 5.74) is 7.13. The van der Waals surface area contributed by atoms with E-state index in [2.05, 4.69) is 197 Å². The Morgan fingerprint density at radius 2 is 0.644 bits per heavy atom. The lowest BCUT2D eigenvalue weighted by Gasteiger charge is -2.32. The van der Waals surface area contributed by atoms with Crippen LogP contribution in [0.5, 0.6) is 5.75 Å². The predicted octanol–water partition coefficient (Wildman–Crippen LogP) is 34.9. The van der Waals surface area contributed by atoms with E-state index in [-0.39, 0.29) is 24.0 Å². The lowest BCUT2D eigenvalue weighted by Crippen LogP contribution is -2.41. The molecule has 3 aromatic heterocycles. The van der Waals surface area contributed by atoms with E-state index >= 15 is 0 Å². The molecule has 1 aliphatic heterocycles. The zero-order chi connectivity index (χ0) is 93.1. The van der Waals surface area contributed by atoms with Crippen molar-refractivity contribution in [3.05, 3.63) is 373 Å². The zero-order valence-electron chi connectivity index (χ0n) is 69.9. The standard InChI is InChI=1S/C37H21F3S.C24H23BO2.C19H10BrF3S.C12H8BO2S.C7H3BrF3I.C7H5BrF3N/c38-37(39,40)25-19-23(18-24(20-25)26-13-7-14-33-32-12-5-6-15-35(32)41-36(26)33)22-16-17-31-29-10-2-1-8-27(29)28-9-3-4-11-30(28)34(31)21-22;1-23(2)24(3,4)27-25(26-23)16-13-14-21-19-11-6-5-9-17(19)18-10-7-8-12-20(18)22(21)15-16;20-13-9-11(8-12(10-13)19(21,22)23)14-5-3-6-16-15-4-1-2-7-17(15)24-18(14)16;14-13-15-10-6-3-5-9-8-4-1-2-7-11(8)16-12(9)10;2*8-5-1-4(7(9,10)11)2-6(12)3-5/h1-21H;5-15H,1-4H3;1-10H;1-7,14H;1-3H;1-3H,12H2. The molecule has 18 aromatic carbocycles. The topological polar surface area (TPSA) is 73.9 Å². The minimum Gasteiger partial charge on any atom is -0.536 e. The number of anilines is 1. The summed E-state index contributed by atoms with van der Waals surface area (Å²) in [4.78, 5) is 0. The lowest BCUT2D eigenvalue weighted by molar-refractivity contribution is -0.138. The second-order valence-corrected chi connectivity index (χ2v) is 39.5. The van der Waals surface area contributed by atoms with Crippen LogP contribution in [0.15, 0.2) is 347 Å². The molecule has 4 heterocycles. The van der Waals surface area contributed by atoms with Gasteiger partial charge in [0.2, 0.25) is 0 Å². The Morgan fingerprint density at radius 1 is 0.318 bits per heavy atom. The normalized spacial score (nSPS) is 13.3. The number of fused-ring (bicyclic) bond motifs is 21. The fraction of sp³-hybridized carbons (Fsp3) is 0.0943. The fourth-order valence-corrected chi connectivity index (χ4v) is 22.7. The Hall–Kier alpha value is -10.9. The summed E-state index contributed by atoms with van der Waals surface area (Å²) in [5, 5.41) is 29.8. The van der Waals surface area contributed by atoms with Gasteiger partial charge < -0.3 is 24.7 Å². The van der Waals surface area contributed by atoms with E-state index in [1.807, 2.05) is 168 Å². The van der Waals surface area contributed by atoms with Crippen molar-refractivity contribution in [3.8, 4) is 39.1 Å². The summed E-state index contributed by atoms with van der Waals surface area (Å²) in [6.45, 7) is 8.38. The van der Waals surface area contributed by atoms with Gasteiger partial charge in [0.15, 0.2) is 0 Å². The van der Waals surface area contributed by atoms with Crippen molar-refractivity contribution in [1.82, 2.24) is 0 Å². The molecule has 22 rings (SSSR count). The van der Waals surface area contributed by atoms with Crippen molar-refractivity contribution < 1.29 is 71.7 Å². The van der Waals surface area contributed by atoms with Crippen LogP contribution in [-0.4, -0.2) is 31.0 Å². The maximum atomic E-state index is 14.3. The van der Waals surface area contributed by atoms with Gasteiger partial charge in [-0.1, -0.05) is 278 Å². The van der Waals surface area contributed by atoms with Gasteiger partial charge in [-0.2, -0.15) is 52.7 Å². The first-order valence-corrected chi connectivity index (χ1v) is 47.0. The average molecular weight is 2130 g/mol. The number of hydrogen-bond donors (Lipinski definition) is 2. The van der Waals surface area contributed by atoms with E-state index < -0.39 is 47.0 Å². The van der Waals surface area contributed by atoms with Crippen LogP contribution in [0, 0.1) is 3.57 Å². The van der Waals surface area contributed by atoms with Crippen LogP contribution in [-0.2, 0) is 34.0 Å². The van der Waals surface area contributed by atoms with Gasteiger partial charge in [0.1, 0.15) is 5.75 Å². The zero-order valence-corrected chi connectivity index (χ0v) is 79.3. The maximum absolute atomic E-state index is 14.3. The first-order valence-electron chi connectivity index (χ1n) is 41.1. The molecule has 0 spiro atoms. The second-order valence-electron chi connectivity index (χ2n) is 32.3. The molecule has 0 atom stereocenters. The summed E-state index contributed by atoms with van der Waals surface area (Å²) < 4.78 is 181. The van der Waals surface area contributed by atoms with Gasteiger partial charge in [-0.05, 0) is 257 Å². The highest BCUT2D eigenvalue weighted by Crippen LogP contribution is 2.49. The highest BCUT2D eigenvalue weighted by Gasteiger charge is 2.52. The third-order valence-corrected chi connectivity index (χ3v) is 28.9. The van der Waals surface area contributed by atoms with Crippen molar-refractivity contribution in [2.45, 2.75) is 63.6 Å². The van der Waals surface area contributed by atoms with E-state index in [0.29, 0.717) is 39.4 Å². The minimum absolute atomic E-state index is 0.0942. The quantitative estimate of drug-likeness (QED) is 0.0571. The number of thiophene rings is 3. The Labute approximate surface area is 801 Å². The molecule has 1 aliphatic rings. The van der Waals surface area contributed by atoms with Crippen molar-refractivity contribution in [1.29, 1.82) is 0 Å². The van der Waals surface area contributed by atoms with Crippen molar-refractivity contribution >= 4 is 255 Å². The van der Waals surface area contributed by atoms with Gasteiger partial charge in [0.25, 0.3) is 0 Å². The smallest absolute Gasteiger partial charge is 0.536 e. The molecule has 0 amide bonds. The van der Waals surface area contributed by atoms with Crippen molar-refractivity contribution in [2.75, 3.05) is 5.73 Å². The second kappa shape index (κ2) is 37.5. The number of benzene rings is 18. The first kappa shape index (κ1) is 92.9. The summed E-state index contributed by atoms with van der Waals surface area (Å²) in [6.07, 6.45) is -17.4. The van der Waals surface area contributed by atoms with E-state index in [1.165, 1.54) is 77.4 Å². The van der Waals surface area contributed by atoms with Crippen LogP contribution in [0.3, 0.4) is 0 Å². The van der Waals surface area contributed by atoms with E-state index in [1.54, 1.807) is 46.1 Å². The third kappa shape index (κ3) is 19.5. The van der Waals surface area contributed by atoms with Crippen LogP contribution in [0.25, 0.3) is 159 Å². The number of nitrogen functional groups attached to an aromatic ring is 1. The fourth-order valence-electron chi connectivity index (χ4n) is 16.5. The third-order valence-electron chi connectivity index (χ3n) is 23.3. The van der Waals surface area contributed by atoms with Crippen molar-refractivity contribution in [2.24, 2.45) is 0 Å². The molecule has 0 saturated carbocycles. The molecule has 1 saturated heterocycles. The molecular weight excluding hydrogens is 2060 g/mol. The molecule has 5 nitrogen and oxygen atoms in total. The number of halogens is 16. The number of nitrogens with two attached hydrogens (primary N) is 1. The van der Waals surface area contributed by atoms with Crippen LogP contribution in [0.4, 0.5) is 58.4 Å². The highest BCUT2D eigenvalue weighted by atomic mass is 127. The van der Waals surface area contributed by atoms with Gasteiger partial charge in [0.05, 0.1) is 38.2 Å². The molecular formula is C106H70B2Br3F12INO4S3. The van der Waals surface area contributed by atoms with Crippen molar-refractivity contribution in [3.63, 3.8) is 0 Å². The number of alkyl halides is 12. The Morgan fingerprint density at radius 3 is 1.07 bits per heavy atom. The molecule has 659 valence electrons. The summed E-state index contributed by atoms with van der Waals surface area (Å²) in [5.74, 6) is 0.696. The van der Waals surface area contributed by atoms with E-state index in [0.717, 1.165) is 132 Å². The van der Waals surface area contributed by atoms with E-state index in [9.17, 15) is 52.7 Å². The van der Waals surface area contributed by atoms with Gasteiger partial charge in [-0.25, -0.2) is 0 Å².